The molecule has 6 nitrogen and oxygen atoms in total. The van der Waals surface area contributed by atoms with Gasteiger partial charge in [-0.3, -0.25) is 4.79 Å². The maximum absolute atomic E-state index is 11.7. The van der Waals surface area contributed by atoms with E-state index in [0.717, 1.165) is 16.5 Å². The van der Waals surface area contributed by atoms with Crippen LogP contribution in [0.5, 0.6) is 0 Å². The number of hydrogen-bond donors (Lipinski definition) is 2. The molecule has 4 N–H and O–H groups in total. The fourth-order valence-electron chi connectivity index (χ4n) is 2.55. The molecule has 0 saturated carbocycles. The fourth-order valence-corrected chi connectivity index (χ4v) is 3.07. The third-order valence-electron chi connectivity index (χ3n) is 3.66. The summed E-state index contributed by atoms with van der Waals surface area (Å²) in [6.07, 6.45) is 0. The van der Waals surface area contributed by atoms with E-state index in [0.29, 0.717) is 12.2 Å². The van der Waals surface area contributed by atoms with Gasteiger partial charge in [0.05, 0.1) is 4.90 Å². The Hall–Kier alpha value is -2.64. The molecule has 0 saturated heterocycles. The number of rotatable bonds is 4. The molecule has 0 aliphatic carbocycles. The van der Waals surface area contributed by atoms with Crippen molar-refractivity contribution in [1.82, 2.24) is 4.57 Å². The molecule has 0 fully saturated rings. The van der Waals surface area contributed by atoms with E-state index in [1.54, 1.807) is 18.2 Å². The molecule has 7 heteroatoms. The summed E-state index contributed by atoms with van der Waals surface area (Å²) < 4.78 is 24.4. The highest BCUT2D eigenvalue weighted by atomic mass is 32.2. The molecule has 0 aliphatic heterocycles. The molecule has 0 aliphatic rings. The first-order valence-corrected chi connectivity index (χ1v) is 8.41. The summed E-state index contributed by atoms with van der Waals surface area (Å²) in [6.45, 7) is 0.399. The normalized spacial score (nSPS) is 11.7. The molecule has 23 heavy (non-hydrogen) atoms. The van der Waals surface area contributed by atoms with Crippen molar-refractivity contribution in [1.29, 1.82) is 0 Å². The number of carbonyl (C=O) groups excluding carboxylic acids is 1. The number of fused-ring (bicyclic) bond motifs is 1. The topological polar surface area (TPSA) is 108 Å². The number of nitrogens with zero attached hydrogens (tertiary/aromatic N) is 1. The summed E-state index contributed by atoms with van der Waals surface area (Å²) in [7, 11) is -3.72. The van der Waals surface area contributed by atoms with Crippen molar-refractivity contribution >= 4 is 26.8 Å². The summed E-state index contributed by atoms with van der Waals surface area (Å²) >= 11 is 0. The van der Waals surface area contributed by atoms with Gasteiger partial charge in [-0.25, -0.2) is 13.6 Å². The molecule has 0 atom stereocenters. The van der Waals surface area contributed by atoms with Crippen molar-refractivity contribution in [3.63, 3.8) is 0 Å². The summed E-state index contributed by atoms with van der Waals surface area (Å²) in [5.74, 6) is -0.512. The van der Waals surface area contributed by atoms with Crippen LogP contribution in [0, 0.1) is 0 Å². The monoisotopic (exact) mass is 329 g/mol. The Morgan fingerprint density at radius 1 is 1.04 bits per heavy atom. The van der Waals surface area contributed by atoms with E-state index in [1.807, 2.05) is 28.8 Å². The van der Waals surface area contributed by atoms with Crippen LogP contribution in [0.1, 0.15) is 16.1 Å². The van der Waals surface area contributed by atoms with Crippen LogP contribution in [0.25, 0.3) is 10.9 Å². The van der Waals surface area contributed by atoms with Gasteiger partial charge in [0.2, 0.25) is 10.0 Å². The van der Waals surface area contributed by atoms with Crippen molar-refractivity contribution in [2.24, 2.45) is 10.9 Å². The first-order valence-electron chi connectivity index (χ1n) is 6.86. The number of sulfonamides is 1. The smallest absolute Gasteiger partial charge is 0.265 e. The first kappa shape index (κ1) is 15.3. The zero-order valence-corrected chi connectivity index (χ0v) is 13.0. The lowest BCUT2D eigenvalue weighted by Gasteiger charge is -2.09. The zero-order chi connectivity index (χ0) is 16.6. The van der Waals surface area contributed by atoms with E-state index in [9.17, 15) is 13.2 Å². The van der Waals surface area contributed by atoms with Gasteiger partial charge in [0.1, 0.15) is 5.69 Å². The van der Waals surface area contributed by atoms with Crippen LogP contribution >= 0.6 is 0 Å². The van der Waals surface area contributed by atoms with Gasteiger partial charge in [0, 0.05) is 17.4 Å². The molecular weight excluding hydrogens is 314 g/mol. The molecule has 0 bridgehead atoms. The quantitative estimate of drug-likeness (QED) is 0.756. The van der Waals surface area contributed by atoms with Gasteiger partial charge in [0.15, 0.2) is 0 Å². The third kappa shape index (κ3) is 2.96. The predicted octanol–water partition coefficient (Wildman–Crippen LogP) is 1.44. The third-order valence-corrected chi connectivity index (χ3v) is 4.58. The highest BCUT2D eigenvalue weighted by molar-refractivity contribution is 7.89. The van der Waals surface area contributed by atoms with Gasteiger partial charge >= 0.3 is 0 Å². The van der Waals surface area contributed by atoms with Crippen LogP contribution in [-0.2, 0) is 16.6 Å². The van der Waals surface area contributed by atoms with Crippen LogP contribution in [-0.4, -0.2) is 18.9 Å². The van der Waals surface area contributed by atoms with Crippen molar-refractivity contribution in [2.75, 3.05) is 0 Å². The molecule has 0 radical (unpaired) electrons. The number of aromatic nitrogens is 1. The number of carbonyl (C=O) groups is 1. The van der Waals surface area contributed by atoms with E-state index in [-0.39, 0.29) is 4.90 Å². The Morgan fingerprint density at radius 2 is 1.70 bits per heavy atom. The summed E-state index contributed by atoms with van der Waals surface area (Å²) in [6, 6.07) is 15.5. The Labute approximate surface area is 133 Å². The van der Waals surface area contributed by atoms with Crippen LogP contribution < -0.4 is 10.9 Å². The van der Waals surface area contributed by atoms with Crippen molar-refractivity contribution in [3.05, 3.63) is 65.9 Å². The summed E-state index contributed by atoms with van der Waals surface area (Å²) in [4.78, 5) is 11.7. The molecule has 0 spiro atoms. The minimum absolute atomic E-state index is 0.0498. The van der Waals surface area contributed by atoms with Crippen LogP contribution in [0.4, 0.5) is 0 Å². The second-order valence-electron chi connectivity index (χ2n) is 5.23. The number of para-hydroxylation sites is 1. The Kier molecular flexibility index (Phi) is 3.67. The molecule has 1 amide bonds. The fraction of sp³-hybridized carbons (Fsp3) is 0.0625. The number of hydrogen-bond acceptors (Lipinski definition) is 3. The van der Waals surface area contributed by atoms with Crippen molar-refractivity contribution in [3.8, 4) is 0 Å². The Bertz CT molecular complexity index is 989. The largest absolute Gasteiger partial charge is 0.364 e. The number of primary sulfonamides is 1. The van der Waals surface area contributed by atoms with E-state index in [1.165, 1.54) is 12.1 Å². The minimum atomic E-state index is -3.72. The molecule has 1 heterocycles. The molecule has 0 unspecified atom stereocenters. The summed E-state index contributed by atoms with van der Waals surface area (Å²) in [5, 5.41) is 6.01. The van der Waals surface area contributed by atoms with Gasteiger partial charge < -0.3 is 10.3 Å². The average molecular weight is 329 g/mol. The molecule has 1 aromatic heterocycles. The number of nitrogens with two attached hydrogens (primary N) is 2. The highest BCUT2D eigenvalue weighted by Crippen LogP contribution is 2.21. The number of primary amides is 1. The maximum Gasteiger partial charge on any atom is 0.265 e. The van der Waals surface area contributed by atoms with Gasteiger partial charge in [-0.1, -0.05) is 30.3 Å². The first-order chi connectivity index (χ1) is 10.9. The van der Waals surface area contributed by atoms with E-state index in [2.05, 4.69) is 0 Å². The molecule has 2 aromatic carbocycles. The molecule has 3 aromatic rings. The van der Waals surface area contributed by atoms with Crippen LogP contribution in [0.2, 0.25) is 0 Å². The van der Waals surface area contributed by atoms with Gasteiger partial charge in [-0.15, -0.1) is 0 Å². The van der Waals surface area contributed by atoms with Gasteiger partial charge in [-0.2, -0.15) is 0 Å². The lowest BCUT2D eigenvalue weighted by atomic mass is 10.2. The van der Waals surface area contributed by atoms with E-state index in [4.69, 9.17) is 10.9 Å². The number of benzene rings is 2. The van der Waals surface area contributed by atoms with Gasteiger partial charge in [-0.05, 0) is 29.8 Å². The van der Waals surface area contributed by atoms with Gasteiger partial charge in [0.25, 0.3) is 5.91 Å². The standard InChI is InChI=1S/C16H15N3O3S/c17-16(20)15-9-12-3-1-2-4-14(12)19(15)10-11-5-7-13(8-6-11)23(18,21)22/h1-9H,10H2,(H2,17,20)(H2,18,21,22). The second kappa shape index (κ2) is 5.53. The highest BCUT2D eigenvalue weighted by Gasteiger charge is 2.13. The van der Waals surface area contributed by atoms with Crippen molar-refractivity contribution in [2.45, 2.75) is 11.4 Å². The minimum Gasteiger partial charge on any atom is -0.364 e. The average Bonchev–Trinajstić information content (AvgIpc) is 2.86. The predicted molar refractivity (Wildman–Crippen MR) is 87.4 cm³/mol. The summed E-state index contributed by atoms with van der Waals surface area (Å²) in [5.41, 5.74) is 7.58. The van der Waals surface area contributed by atoms with E-state index < -0.39 is 15.9 Å². The molecular formula is C16H15N3O3S. The Balaban J connectivity index is 2.04. The number of amides is 1. The lowest BCUT2D eigenvalue weighted by Crippen LogP contribution is -2.17. The lowest BCUT2D eigenvalue weighted by molar-refractivity contribution is 0.0992. The van der Waals surface area contributed by atoms with Crippen LogP contribution in [0.15, 0.2) is 59.5 Å². The van der Waals surface area contributed by atoms with E-state index >= 15 is 0 Å². The SMILES string of the molecule is NC(=O)c1cc2ccccc2n1Cc1ccc(S(N)(=O)=O)cc1. The molecule has 118 valence electrons. The molecule has 3 rings (SSSR count). The van der Waals surface area contributed by atoms with Crippen molar-refractivity contribution < 1.29 is 13.2 Å². The Morgan fingerprint density at radius 3 is 2.30 bits per heavy atom. The second-order valence-corrected chi connectivity index (χ2v) is 6.79. The zero-order valence-electron chi connectivity index (χ0n) is 12.1. The maximum atomic E-state index is 11.7. The van der Waals surface area contributed by atoms with Crippen LogP contribution in [0.3, 0.4) is 0 Å².